The van der Waals surface area contributed by atoms with Crippen LogP contribution < -0.4 is 5.32 Å². The van der Waals surface area contributed by atoms with E-state index < -0.39 is 18.2 Å². The quantitative estimate of drug-likeness (QED) is 0.476. The highest BCUT2D eigenvalue weighted by Gasteiger charge is 2.37. The fourth-order valence-electron chi connectivity index (χ4n) is 3.05. The third kappa shape index (κ3) is 4.56. The number of benzene rings is 1. The minimum atomic E-state index is -0.893. The van der Waals surface area contributed by atoms with Crippen molar-refractivity contribution in [3.63, 3.8) is 0 Å². The molecule has 0 fully saturated rings. The van der Waals surface area contributed by atoms with Gasteiger partial charge in [0.05, 0.1) is 18.0 Å². The van der Waals surface area contributed by atoms with Crippen molar-refractivity contribution in [1.29, 1.82) is 0 Å². The summed E-state index contributed by atoms with van der Waals surface area (Å²) >= 11 is 3.18. The van der Waals surface area contributed by atoms with Crippen molar-refractivity contribution in [3.05, 3.63) is 46.7 Å². The third-order valence-electron chi connectivity index (χ3n) is 4.21. The maximum Gasteiger partial charge on any atom is 0.513 e. The van der Waals surface area contributed by atoms with Crippen molar-refractivity contribution in [2.45, 2.75) is 26.7 Å². The first-order valence-electron chi connectivity index (χ1n) is 9.11. The van der Waals surface area contributed by atoms with Crippen LogP contribution in [0.15, 0.2) is 45.7 Å². The lowest BCUT2D eigenvalue weighted by molar-refractivity contribution is 0.0653. The number of nitrogens with one attached hydrogen (secondary N) is 1. The fraction of sp³-hybridized carbons (Fsp3) is 0.368. The standard InChI is InChI=1S/C19H20BrN3O7/c1-4-26-18(24)28-16-10(2)21-11(3)17(29-19(25)27-9-8-20)14(16)12-6-5-7-13-15(12)23-30-22-13/h5-7,14,21H,4,8-9H2,1-3H3. The summed E-state index contributed by atoms with van der Waals surface area (Å²) < 4.78 is 25.8. The van der Waals surface area contributed by atoms with Crippen molar-refractivity contribution in [2.75, 3.05) is 18.5 Å². The van der Waals surface area contributed by atoms with Crippen molar-refractivity contribution in [3.8, 4) is 0 Å². The van der Waals surface area contributed by atoms with Crippen LogP contribution in [-0.2, 0) is 18.9 Å². The molecule has 10 nitrogen and oxygen atoms in total. The van der Waals surface area contributed by atoms with Crippen LogP contribution in [0.4, 0.5) is 9.59 Å². The van der Waals surface area contributed by atoms with Gasteiger partial charge >= 0.3 is 12.3 Å². The number of nitrogens with zero attached hydrogens (tertiary/aromatic N) is 2. The zero-order valence-corrected chi connectivity index (χ0v) is 18.1. The molecule has 1 aliphatic rings. The molecule has 1 atom stereocenters. The molecule has 2 aromatic rings. The highest BCUT2D eigenvalue weighted by atomic mass is 79.9. The van der Waals surface area contributed by atoms with E-state index in [2.05, 4.69) is 31.6 Å². The lowest BCUT2D eigenvalue weighted by atomic mass is 9.89. The lowest BCUT2D eigenvalue weighted by Crippen LogP contribution is -2.29. The lowest BCUT2D eigenvalue weighted by Gasteiger charge is -2.30. The number of hydrogen-bond donors (Lipinski definition) is 1. The summed E-state index contributed by atoms with van der Waals surface area (Å²) in [5, 5.41) is 11.3. The fourth-order valence-corrected chi connectivity index (χ4v) is 3.21. The monoisotopic (exact) mass is 481 g/mol. The molecule has 0 spiro atoms. The summed E-state index contributed by atoms with van der Waals surface area (Å²) in [6.07, 6.45) is -1.78. The largest absolute Gasteiger partial charge is 0.513 e. The zero-order chi connectivity index (χ0) is 21.7. The highest BCUT2D eigenvalue weighted by Crippen LogP contribution is 2.41. The minimum absolute atomic E-state index is 0.132. The van der Waals surface area contributed by atoms with E-state index in [-0.39, 0.29) is 24.7 Å². The number of ether oxygens (including phenoxy) is 4. The molecule has 0 aliphatic carbocycles. The molecule has 3 rings (SSSR count). The van der Waals surface area contributed by atoms with Crippen LogP contribution in [-0.4, -0.2) is 41.2 Å². The molecule has 0 saturated carbocycles. The van der Waals surface area contributed by atoms with Gasteiger partial charge in [0.15, 0.2) is 0 Å². The van der Waals surface area contributed by atoms with E-state index >= 15 is 0 Å². The van der Waals surface area contributed by atoms with Gasteiger partial charge in [-0.25, -0.2) is 14.2 Å². The van der Waals surface area contributed by atoms with E-state index in [0.29, 0.717) is 33.3 Å². The Bertz CT molecular complexity index is 1010. The average molecular weight is 482 g/mol. The van der Waals surface area contributed by atoms with E-state index in [0.717, 1.165) is 0 Å². The molecule has 160 valence electrons. The van der Waals surface area contributed by atoms with Gasteiger partial charge in [0.25, 0.3) is 0 Å². The van der Waals surface area contributed by atoms with Crippen molar-refractivity contribution >= 4 is 39.3 Å². The molecule has 11 heteroatoms. The Kier molecular flexibility index (Phi) is 6.93. The summed E-state index contributed by atoms with van der Waals surface area (Å²) in [6.45, 7) is 5.40. The van der Waals surface area contributed by atoms with Crippen LogP contribution in [0.5, 0.6) is 0 Å². The number of hydrogen-bond acceptors (Lipinski definition) is 10. The van der Waals surface area contributed by atoms with Crippen LogP contribution in [0.2, 0.25) is 0 Å². The molecular formula is C19H20BrN3O7. The normalized spacial score (nSPS) is 16.3. The topological polar surface area (TPSA) is 122 Å². The van der Waals surface area contributed by atoms with Gasteiger partial charge in [-0.15, -0.1) is 0 Å². The first kappa shape index (κ1) is 21.6. The van der Waals surface area contributed by atoms with Crippen LogP contribution in [0.1, 0.15) is 32.3 Å². The van der Waals surface area contributed by atoms with Gasteiger partial charge in [-0.1, -0.05) is 28.1 Å². The molecular weight excluding hydrogens is 462 g/mol. The van der Waals surface area contributed by atoms with E-state index in [1.807, 2.05) is 0 Å². The van der Waals surface area contributed by atoms with Crippen molar-refractivity contribution in [1.82, 2.24) is 15.6 Å². The Morgan fingerprint density at radius 1 is 1.10 bits per heavy atom. The zero-order valence-electron chi connectivity index (χ0n) is 16.6. The number of fused-ring (bicyclic) bond motifs is 1. The van der Waals surface area contributed by atoms with Gasteiger partial charge in [-0.2, -0.15) is 0 Å². The number of dihydropyridines is 1. The Hall–Kier alpha value is -3.08. The average Bonchev–Trinajstić information content (AvgIpc) is 3.19. The number of halogens is 1. The van der Waals surface area contributed by atoms with Crippen LogP contribution in [0.25, 0.3) is 11.0 Å². The summed E-state index contributed by atoms with van der Waals surface area (Å²) in [7, 11) is 0. The van der Waals surface area contributed by atoms with E-state index in [1.54, 1.807) is 39.0 Å². The first-order chi connectivity index (χ1) is 14.5. The smallest absolute Gasteiger partial charge is 0.434 e. The van der Waals surface area contributed by atoms with Gasteiger partial charge in [0.2, 0.25) is 0 Å². The van der Waals surface area contributed by atoms with E-state index in [1.165, 1.54) is 0 Å². The summed E-state index contributed by atoms with van der Waals surface area (Å²) in [4.78, 5) is 24.3. The van der Waals surface area contributed by atoms with E-state index in [4.69, 9.17) is 23.6 Å². The van der Waals surface area contributed by atoms with Gasteiger partial charge in [0.1, 0.15) is 35.1 Å². The Labute approximate surface area is 180 Å². The summed E-state index contributed by atoms with van der Waals surface area (Å²) in [5.74, 6) is -0.421. The van der Waals surface area contributed by atoms with Gasteiger partial charge < -0.3 is 24.3 Å². The molecule has 1 N–H and O–H groups in total. The predicted molar refractivity (Wildman–Crippen MR) is 107 cm³/mol. The summed E-state index contributed by atoms with van der Waals surface area (Å²) in [5.41, 5.74) is 2.58. The van der Waals surface area contributed by atoms with Gasteiger partial charge in [0, 0.05) is 10.9 Å². The van der Waals surface area contributed by atoms with Crippen molar-refractivity contribution in [2.24, 2.45) is 0 Å². The number of carbonyl (C=O) groups excluding carboxylic acids is 2. The summed E-state index contributed by atoms with van der Waals surface area (Å²) in [6, 6.07) is 5.22. The molecule has 0 amide bonds. The van der Waals surface area contributed by atoms with Crippen LogP contribution in [0, 0.1) is 0 Å². The number of rotatable bonds is 6. The van der Waals surface area contributed by atoms with E-state index in [9.17, 15) is 9.59 Å². The van der Waals surface area contributed by atoms with Crippen LogP contribution in [0.3, 0.4) is 0 Å². The molecule has 0 bridgehead atoms. The van der Waals surface area contributed by atoms with Gasteiger partial charge in [-0.05, 0) is 37.2 Å². The number of carbonyl (C=O) groups is 2. The molecule has 1 aromatic heterocycles. The molecule has 1 unspecified atom stereocenters. The number of allylic oxidation sites excluding steroid dienone is 2. The highest BCUT2D eigenvalue weighted by molar-refractivity contribution is 9.09. The Balaban J connectivity index is 2.08. The molecule has 0 radical (unpaired) electrons. The van der Waals surface area contributed by atoms with Gasteiger partial charge in [-0.3, -0.25) is 0 Å². The number of alkyl halides is 1. The SMILES string of the molecule is CCOC(=O)OC1=C(C)NC(C)=C(OC(=O)OCCBr)C1c1cccc2nonc12. The van der Waals surface area contributed by atoms with Crippen LogP contribution >= 0.6 is 15.9 Å². The molecule has 1 aromatic carbocycles. The first-order valence-corrected chi connectivity index (χ1v) is 10.2. The maximum atomic E-state index is 12.2. The van der Waals surface area contributed by atoms with Crippen molar-refractivity contribution < 1.29 is 33.2 Å². The predicted octanol–water partition coefficient (Wildman–Crippen LogP) is 4.09. The second kappa shape index (κ2) is 9.61. The Morgan fingerprint density at radius 3 is 2.40 bits per heavy atom. The Morgan fingerprint density at radius 2 is 1.77 bits per heavy atom. The second-order valence-corrected chi connectivity index (χ2v) is 6.98. The molecule has 1 aliphatic heterocycles. The molecule has 0 saturated heterocycles. The minimum Gasteiger partial charge on any atom is -0.434 e. The molecule has 2 heterocycles. The third-order valence-corrected chi connectivity index (χ3v) is 4.54. The second-order valence-electron chi connectivity index (χ2n) is 6.19. The molecule has 30 heavy (non-hydrogen) atoms. The number of aromatic nitrogens is 2. The maximum absolute atomic E-state index is 12.2.